The molecule has 0 saturated carbocycles. The standard InChI is InChI=1S/C17H21BrN4OS/c1-12-9-14(18)3-4-15(12)22-16(23)5-7-20-17(19-2)21-10-13-6-8-24-11-13/h3-4,6,8-9,11H,5,7,10H2,1-2H3,(H,22,23)(H2,19,20,21). The second-order valence-electron chi connectivity index (χ2n) is 5.24. The van der Waals surface area contributed by atoms with Crippen LogP contribution in [0.1, 0.15) is 17.5 Å². The largest absolute Gasteiger partial charge is 0.356 e. The molecule has 0 atom stereocenters. The third-order valence-electron chi connectivity index (χ3n) is 3.37. The minimum atomic E-state index is -0.0267. The predicted octanol–water partition coefficient (Wildman–Crippen LogP) is 3.51. The molecule has 1 amide bonds. The smallest absolute Gasteiger partial charge is 0.226 e. The number of rotatable bonds is 6. The molecule has 0 fully saturated rings. The molecule has 0 aliphatic rings. The molecule has 0 radical (unpaired) electrons. The molecule has 0 unspecified atom stereocenters. The highest BCUT2D eigenvalue weighted by molar-refractivity contribution is 9.10. The predicted molar refractivity (Wildman–Crippen MR) is 105 cm³/mol. The highest BCUT2D eigenvalue weighted by Gasteiger charge is 2.06. The van der Waals surface area contributed by atoms with Crippen molar-refractivity contribution >= 4 is 44.8 Å². The number of anilines is 1. The molecule has 128 valence electrons. The Hall–Kier alpha value is -1.86. The van der Waals surface area contributed by atoms with Gasteiger partial charge in [-0.15, -0.1) is 0 Å². The van der Waals surface area contributed by atoms with Crippen LogP contribution in [-0.2, 0) is 11.3 Å². The number of carbonyl (C=O) groups excluding carboxylic acids is 1. The quantitative estimate of drug-likeness (QED) is 0.505. The van der Waals surface area contributed by atoms with E-state index in [2.05, 4.69) is 48.3 Å². The van der Waals surface area contributed by atoms with E-state index in [4.69, 9.17) is 0 Å². The molecule has 0 spiro atoms. The maximum absolute atomic E-state index is 12.0. The summed E-state index contributed by atoms with van der Waals surface area (Å²) in [7, 11) is 1.72. The van der Waals surface area contributed by atoms with Gasteiger partial charge in [-0.2, -0.15) is 11.3 Å². The number of benzene rings is 1. The van der Waals surface area contributed by atoms with Crippen LogP contribution in [0.15, 0.2) is 44.5 Å². The minimum Gasteiger partial charge on any atom is -0.356 e. The Bertz CT molecular complexity index is 701. The molecule has 0 aliphatic carbocycles. The van der Waals surface area contributed by atoms with Crippen molar-refractivity contribution in [2.45, 2.75) is 19.9 Å². The summed E-state index contributed by atoms with van der Waals surface area (Å²) in [6.07, 6.45) is 0.370. The highest BCUT2D eigenvalue weighted by atomic mass is 79.9. The van der Waals surface area contributed by atoms with E-state index < -0.39 is 0 Å². The van der Waals surface area contributed by atoms with Crippen LogP contribution in [0.5, 0.6) is 0 Å². The normalized spacial score (nSPS) is 11.2. The van der Waals surface area contributed by atoms with E-state index >= 15 is 0 Å². The van der Waals surface area contributed by atoms with Crippen molar-refractivity contribution in [1.29, 1.82) is 0 Å². The zero-order valence-corrected chi connectivity index (χ0v) is 16.1. The number of thiophene rings is 1. The number of amides is 1. The van der Waals surface area contributed by atoms with Crippen LogP contribution in [0.4, 0.5) is 5.69 Å². The number of guanidine groups is 1. The van der Waals surface area contributed by atoms with Crippen LogP contribution in [0, 0.1) is 6.92 Å². The Morgan fingerprint density at radius 1 is 1.29 bits per heavy atom. The molecule has 3 N–H and O–H groups in total. The molecule has 0 aliphatic heterocycles. The number of nitrogens with one attached hydrogen (secondary N) is 3. The van der Waals surface area contributed by atoms with Crippen LogP contribution in [-0.4, -0.2) is 25.5 Å². The molecule has 2 rings (SSSR count). The molecule has 1 heterocycles. The van der Waals surface area contributed by atoms with Crippen molar-refractivity contribution in [2.75, 3.05) is 18.9 Å². The lowest BCUT2D eigenvalue weighted by atomic mass is 10.2. The fourth-order valence-corrected chi connectivity index (χ4v) is 3.22. The van der Waals surface area contributed by atoms with Crippen molar-refractivity contribution in [2.24, 2.45) is 4.99 Å². The maximum atomic E-state index is 12.0. The first-order chi connectivity index (χ1) is 11.6. The van der Waals surface area contributed by atoms with Crippen LogP contribution in [0.2, 0.25) is 0 Å². The Morgan fingerprint density at radius 3 is 2.79 bits per heavy atom. The average molecular weight is 409 g/mol. The van der Waals surface area contributed by atoms with Crippen molar-refractivity contribution in [3.63, 3.8) is 0 Å². The van der Waals surface area contributed by atoms with E-state index in [1.165, 1.54) is 5.56 Å². The van der Waals surface area contributed by atoms with Gasteiger partial charge in [0.15, 0.2) is 5.96 Å². The van der Waals surface area contributed by atoms with E-state index in [0.717, 1.165) is 15.7 Å². The summed E-state index contributed by atoms with van der Waals surface area (Å²) in [4.78, 5) is 16.2. The van der Waals surface area contributed by atoms with E-state index in [-0.39, 0.29) is 5.91 Å². The summed E-state index contributed by atoms with van der Waals surface area (Å²) < 4.78 is 1.00. The summed E-state index contributed by atoms with van der Waals surface area (Å²) >= 11 is 5.08. The number of halogens is 1. The number of hydrogen-bond donors (Lipinski definition) is 3. The van der Waals surface area contributed by atoms with E-state index in [0.29, 0.717) is 25.5 Å². The van der Waals surface area contributed by atoms with Gasteiger partial charge in [0.2, 0.25) is 5.91 Å². The van der Waals surface area contributed by atoms with E-state index in [9.17, 15) is 4.79 Å². The highest BCUT2D eigenvalue weighted by Crippen LogP contribution is 2.20. The molecule has 7 heteroatoms. The molecule has 0 bridgehead atoms. The molecule has 0 saturated heterocycles. The Balaban J connectivity index is 1.72. The van der Waals surface area contributed by atoms with Crippen molar-refractivity contribution in [1.82, 2.24) is 10.6 Å². The summed E-state index contributed by atoms with van der Waals surface area (Å²) in [5, 5.41) is 13.4. The van der Waals surface area contributed by atoms with Gasteiger partial charge >= 0.3 is 0 Å². The molecule has 1 aromatic carbocycles. The fourth-order valence-electron chi connectivity index (χ4n) is 2.07. The number of aryl methyl sites for hydroxylation is 1. The lowest BCUT2D eigenvalue weighted by Gasteiger charge is -2.12. The summed E-state index contributed by atoms with van der Waals surface area (Å²) in [5.74, 6) is 0.662. The first-order valence-electron chi connectivity index (χ1n) is 7.60. The summed E-state index contributed by atoms with van der Waals surface area (Å²) in [6.45, 7) is 3.20. The van der Waals surface area contributed by atoms with Gasteiger partial charge in [0.25, 0.3) is 0 Å². The van der Waals surface area contributed by atoms with Crippen LogP contribution >= 0.6 is 27.3 Å². The first kappa shape index (κ1) is 18.5. The average Bonchev–Trinajstić information content (AvgIpc) is 3.07. The fraction of sp³-hybridized carbons (Fsp3) is 0.294. The van der Waals surface area contributed by atoms with E-state index in [1.54, 1.807) is 18.4 Å². The number of carbonyl (C=O) groups is 1. The Labute approximate surface area is 154 Å². The molecule has 5 nitrogen and oxygen atoms in total. The van der Waals surface area contributed by atoms with Crippen molar-refractivity contribution in [3.05, 3.63) is 50.6 Å². The van der Waals surface area contributed by atoms with Crippen LogP contribution < -0.4 is 16.0 Å². The zero-order chi connectivity index (χ0) is 17.4. The summed E-state index contributed by atoms with van der Waals surface area (Å²) in [5.41, 5.74) is 3.08. The maximum Gasteiger partial charge on any atom is 0.226 e. The molecular weight excluding hydrogens is 388 g/mol. The Morgan fingerprint density at radius 2 is 2.12 bits per heavy atom. The lowest BCUT2D eigenvalue weighted by Crippen LogP contribution is -2.38. The third kappa shape index (κ3) is 5.98. The third-order valence-corrected chi connectivity index (χ3v) is 4.60. The van der Waals surface area contributed by atoms with E-state index in [1.807, 2.05) is 30.5 Å². The van der Waals surface area contributed by atoms with Gasteiger partial charge < -0.3 is 16.0 Å². The number of aliphatic imine (C=N–C) groups is 1. The molecule has 1 aromatic heterocycles. The lowest BCUT2D eigenvalue weighted by molar-refractivity contribution is -0.116. The molecular formula is C17H21BrN4OS. The minimum absolute atomic E-state index is 0.0267. The Kier molecular flexibility index (Phi) is 7.27. The summed E-state index contributed by atoms with van der Waals surface area (Å²) in [6, 6.07) is 7.85. The first-order valence-corrected chi connectivity index (χ1v) is 9.33. The van der Waals surface area contributed by atoms with Crippen molar-refractivity contribution in [3.8, 4) is 0 Å². The van der Waals surface area contributed by atoms with Crippen LogP contribution in [0.3, 0.4) is 0 Å². The second-order valence-corrected chi connectivity index (χ2v) is 6.94. The SMILES string of the molecule is CN=C(NCCC(=O)Nc1ccc(Br)cc1C)NCc1ccsc1. The van der Waals surface area contributed by atoms with Crippen LogP contribution in [0.25, 0.3) is 0 Å². The van der Waals surface area contributed by atoms with Gasteiger partial charge in [-0.3, -0.25) is 9.79 Å². The molecule has 2 aromatic rings. The monoisotopic (exact) mass is 408 g/mol. The second kappa shape index (κ2) is 9.44. The van der Waals surface area contributed by atoms with Gasteiger partial charge in [-0.05, 0) is 53.1 Å². The van der Waals surface area contributed by atoms with Gasteiger partial charge in [0.1, 0.15) is 0 Å². The zero-order valence-electron chi connectivity index (χ0n) is 13.7. The van der Waals surface area contributed by atoms with Crippen molar-refractivity contribution < 1.29 is 4.79 Å². The number of nitrogens with zero attached hydrogens (tertiary/aromatic N) is 1. The topological polar surface area (TPSA) is 65.5 Å². The van der Waals surface area contributed by atoms with Gasteiger partial charge in [-0.1, -0.05) is 15.9 Å². The van der Waals surface area contributed by atoms with Gasteiger partial charge in [-0.25, -0.2) is 0 Å². The number of hydrogen-bond acceptors (Lipinski definition) is 3. The molecule has 24 heavy (non-hydrogen) atoms. The van der Waals surface area contributed by atoms with Gasteiger partial charge in [0.05, 0.1) is 0 Å². The van der Waals surface area contributed by atoms with Gasteiger partial charge in [0, 0.05) is 36.7 Å².